The third kappa shape index (κ3) is 3.00. The Balaban J connectivity index is 2.42. The number of aliphatic carboxylic acids is 1. The first-order valence-corrected chi connectivity index (χ1v) is 8.83. The molecule has 2 fully saturated rings. The van der Waals surface area contributed by atoms with E-state index < -0.39 is 17.0 Å². The summed E-state index contributed by atoms with van der Waals surface area (Å²) in [7, 11) is 0. The van der Waals surface area contributed by atoms with Gasteiger partial charge >= 0.3 is 5.97 Å². The fourth-order valence-electron chi connectivity index (χ4n) is 5.47. The number of carboxylic acid groups (broad SMARTS) is 1. The zero-order valence-corrected chi connectivity index (χ0v) is 15.1. The van der Waals surface area contributed by atoms with Gasteiger partial charge in [-0.05, 0) is 70.1 Å². The average molecular weight is 320 g/mol. The van der Waals surface area contributed by atoms with Crippen LogP contribution in [0, 0.1) is 22.7 Å². The number of carboxylic acids is 1. The smallest absolute Gasteiger partial charge is 0.309 e. The Labute approximate surface area is 140 Å². The normalized spacial score (nSPS) is 44.5. The molecule has 0 heterocycles. The Morgan fingerprint density at radius 3 is 2.48 bits per heavy atom. The summed E-state index contributed by atoms with van der Waals surface area (Å²) in [5.41, 5.74) is -0.424. The van der Waals surface area contributed by atoms with Gasteiger partial charge in [0.15, 0.2) is 0 Å². The molecule has 3 heteroatoms. The molecule has 2 aliphatic carbocycles. The lowest BCUT2D eigenvalue weighted by molar-refractivity contribution is -0.189. The first-order valence-electron chi connectivity index (χ1n) is 8.83. The number of aliphatic hydroxyl groups is 1. The quantitative estimate of drug-likeness (QED) is 0.746. The monoisotopic (exact) mass is 320 g/mol. The van der Waals surface area contributed by atoms with Crippen molar-refractivity contribution in [2.24, 2.45) is 22.7 Å². The van der Waals surface area contributed by atoms with E-state index in [0.717, 1.165) is 37.7 Å². The van der Waals surface area contributed by atoms with E-state index >= 15 is 0 Å². The van der Waals surface area contributed by atoms with Crippen molar-refractivity contribution in [3.05, 3.63) is 24.3 Å². The third-order valence-corrected chi connectivity index (χ3v) is 6.95. The predicted molar refractivity (Wildman–Crippen MR) is 93.1 cm³/mol. The summed E-state index contributed by atoms with van der Waals surface area (Å²) in [4.78, 5) is 12.0. The number of hydrogen-bond donors (Lipinski definition) is 2. The van der Waals surface area contributed by atoms with Gasteiger partial charge in [-0.25, -0.2) is 0 Å². The zero-order chi connectivity index (χ0) is 17.5. The van der Waals surface area contributed by atoms with Gasteiger partial charge in [-0.2, -0.15) is 0 Å². The number of carbonyl (C=O) groups is 1. The Morgan fingerprint density at radius 1 is 1.26 bits per heavy atom. The van der Waals surface area contributed by atoms with Gasteiger partial charge in [0.1, 0.15) is 0 Å². The summed E-state index contributed by atoms with van der Waals surface area (Å²) in [6.07, 6.45) is 8.92. The van der Waals surface area contributed by atoms with Crippen molar-refractivity contribution in [2.45, 2.75) is 71.8 Å². The number of fused-ring (bicyclic) bond motifs is 1. The summed E-state index contributed by atoms with van der Waals surface area (Å²) in [5.74, 6) is -0.460. The number of hydrogen-bond acceptors (Lipinski definition) is 2. The fraction of sp³-hybridized carbons (Fsp3) is 0.750. The van der Waals surface area contributed by atoms with Gasteiger partial charge in [-0.15, -0.1) is 0 Å². The lowest BCUT2D eigenvalue weighted by Gasteiger charge is -2.60. The zero-order valence-electron chi connectivity index (χ0n) is 15.1. The molecular formula is C20H32O3. The SMILES string of the molecule is C=C/C(C)=C\C[C@@H]1[C@@]2(C)CCC[C@](C)(C(=O)O)[C@@H]2CC[C@@]1(C)O. The van der Waals surface area contributed by atoms with Gasteiger partial charge in [-0.3, -0.25) is 4.79 Å². The average Bonchev–Trinajstić information content (AvgIpc) is 2.45. The molecule has 2 saturated carbocycles. The van der Waals surface area contributed by atoms with Gasteiger partial charge in [0.05, 0.1) is 11.0 Å². The molecule has 130 valence electrons. The van der Waals surface area contributed by atoms with E-state index in [1.165, 1.54) is 0 Å². The molecule has 2 aliphatic rings. The van der Waals surface area contributed by atoms with Crippen molar-refractivity contribution in [3.63, 3.8) is 0 Å². The Morgan fingerprint density at radius 2 is 1.91 bits per heavy atom. The fourth-order valence-corrected chi connectivity index (χ4v) is 5.47. The molecule has 2 N–H and O–H groups in total. The minimum Gasteiger partial charge on any atom is -0.481 e. The second-order valence-corrected chi connectivity index (χ2v) is 8.47. The summed E-state index contributed by atoms with van der Waals surface area (Å²) < 4.78 is 0. The maximum absolute atomic E-state index is 12.0. The molecule has 2 rings (SSSR count). The highest BCUT2D eigenvalue weighted by molar-refractivity contribution is 5.75. The molecule has 23 heavy (non-hydrogen) atoms. The molecule has 0 bridgehead atoms. The van der Waals surface area contributed by atoms with Crippen molar-refractivity contribution in [3.8, 4) is 0 Å². The molecule has 0 unspecified atom stereocenters. The molecule has 0 amide bonds. The minimum atomic E-state index is -0.736. The molecule has 5 atom stereocenters. The molecule has 0 aromatic rings. The van der Waals surface area contributed by atoms with Crippen LogP contribution >= 0.6 is 0 Å². The Bertz CT molecular complexity index is 519. The van der Waals surface area contributed by atoms with E-state index in [2.05, 4.69) is 19.6 Å². The van der Waals surface area contributed by atoms with Gasteiger partial charge in [0, 0.05) is 0 Å². The summed E-state index contributed by atoms with van der Waals surface area (Å²) >= 11 is 0. The minimum absolute atomic E-state index is 0.0858. The van der Waals surface area contributed by atoms with Crippen molar-refractivity contribution in [1.29, 1.82) is 0 Å². The highest BCUT2D eigenvalue weighted by Crippen LogP contribution is 2.63. The van der Waals surface area contributed by atoms with E-state index in [-0.39, 0.29) is 17.3 Å². The van der Waals surface area contributed by atoms with Crippen molar-refractivity contribution >= 4 is 5.97 Å². The summed E-state index contributed by atoms with van der Waals surface area (Å²) in [6.45, 7) is 11.9. The molecule has 0 aliphatic heterocycles. The van der Waals surface area contributed by atoms with Gasteiger partial charge in [0.2, 0.25) is 0 Å². The standard InChI is InChI=1S/C20H32O3/c1-6-14(2)8-9-16-18(3)11-7-12-19(4,17(21)22)15(18)10-13-20(16,5)23/h6,8,15-16,23H,1,7,9-13H2,2-5H3,(H,21,22)/b14-8-/t15-,16-,18+,19+,20-/m1/s1. The third-order valence-electron chi connectivity index (χ3n) is 6.95. The maximum atomic E-state index is 12.0. The Kier molecular flexibility index (Phi) is 4.83. The van der Waals surface area contributed by atoms with E-state index in [9.17, 15) is 15.0 Å². The van der Waals surface area contributed by atoms with Gasteiger partial charge in [0.25, 0.3) is 0 Å². The summed E-state index contributed by atoms with van der Waals surface area (Å²) in [6, 6.07) is 0. The largest absolute Gasteiger partial charge is 0.481 e. The number of allylic oxidation sites excluding steroid dienone is 3. The van der Waals surface area contributed by atoms with Crippen LogP contribution in [0.15, 0.2) is 24.3 Å². The molecule has 0 saturated heterocycles. The van der Waals surface area contributed by atoms with Crippen LogP contribution in [0.4, 0.5) is 0 Å². The lowest BCUT2D eigenvalue weighted by Crippen LogP contribution is -2.59. The van der Waals surface area contributed by atoms with E-state index in [4.69, 9.17) is 0 Å². The van der Waals surface area contributed by atoms with Crippen LogP contribution in [0.25, 0.3) is 0 Å². The molecule has 0 radical (unpaired) electrons. The first kappa shape index (κ1) is 18.3. The van der Waals surface area contributed by atoms with Gasteiger partial charge in [-0.1, -0.05) is 37.6 Å². The molecule has 0 aromatic heterocycles. The maximum Gasteiger partial charge on any atom is 0.309 e. The summed E-state index contributed by atoms with van der Waals surface area (Å²) in [5, 5.41) is 20.9. The number of rotatable bonds is 4. The first-order chi connectivity index (χ1) is 10.6. The molecule has 3 nitrogen and oxygen atoms in total. The topological polar surface area (TPSA) is 57.5 Å². The highest BCUT2D eigenvalue weighted by atomic mass is 16.4. The molecular weight excluding hydrogens is 288 g/mol. The van der Waals surface area contributed by atoms with Crippen LogP contribution < -0.4 is 0 Å². The van der Waals surface area contributed by atoms with E-state index in [1.54, 1.807) is 0 Å². The predicted octanol–water partition coefficient (Wildman–Crippen LogP) is 4.57. The van der Waals surface area contributed by atoms with Crippen LogP contribution in [0.3, 0.4) is 0 Å². The lowest BCUT2D eigenvalue weighted by atomic mass is 9.45. The van der Waals surface area contributed by atoms with E-state index in [0.29, 0.717) is 6.42 Å². The van der Waals surface area contributed by atoms with E-state index in [1.807, 2.05) is 26.8 Å². The van der Waals surface area contributed by atoms with Crippen LogP contribution in [0.5, 0.6) is 0 Å². The molecule has 0 spiro atoms. The van der Waals surface area contributed by atoms with Crippen LogP contribution in [0.2, 0.25) is 0 Å². The molecule has 0 aromatic carbocycles. The van der Waals surface area contributed by atoms with Crippen molar-refractivity contribution in [2.75, 3.05) is 0 Å². The van der Waals surface area contributed by atoms with Crippen LogP contribution in [-0.2, 0) is 4.79 Å². The second kappa shape index (κ2) is 6.08. The highest BCUT2D eigenvalue weighted by Gasteiger charge is 2.60. The van der Waals surface area contributed by atoms with Crippen molar-refractivity contribution < 1.29 is 15.0 Å². The Hall–Kier alpha value is -1.09. The second-order valence-electron chi connectivity index (χ2n) is 8.47. The van der Waals surface area contributed by atoms with Crippen LogP contribution in [0.1, 0.15) is 66.2 Å². The van der Waals surface area contributed by atoms with Crippen LogP contribution in [-0.4, -0.2) is 21.8 Å². The van der Waals surface area contributed by atoms with Crippen molar-refractivity contribution in [1.82, 2.24) is 0 Å². The van der Waals surface area contributed by atoms with Gasteiger partial charge < -0.3 is 10.2 Å².